The van der Waals surface area contributed by atoms with Crippen LogP contribution in [0.15, 0.2) is 45.7 Å². The van der Waals surface area contributed by atoms with Crippen LogP contribution in [0.25, 0.3) is 11.5 Å². The van der Waals surface area contributed by atoms with E-state index in [4.69, 9.17) is 21.8 Å². The van der Waals surface area contributed by atoms with E-state index in [1.807, 2.05) is 17.0 Å². The standard InChI is InChI=1S/C24H27ClFN5O3S/c25-16-8-6-15(7-9-16)12-31-13-17(27)14-35(32,33)22-11-20(26)19(10-21(22)31)23-29-30-24(34-23)28-18-4-2-1-3-5-18/h6-11,17-18H,1-5,12-14,27H2,(H,28,30)/t17-/m1/s1. The quantitative estimate of drug-likeness (QED) is 0.510. The summed E-state index contributed by atoms with van der Waals surface area (Å²) >= 11 is 6.01. The summed E-state index contributed by atoms with van der Waals surface area (Å²) in [6, 6.07) is 9.59. The lowest BCUT2D eigenvalue weighted by Crippen LogP contribution is -2.39. The molecule has 0 unspecified atom stereocenters. The van der Waals surface area contributed by atoms with Crippen LogP contribution >= 0.6 is 11.6 Å². The molecule has 11 heteroatoms. The highest BCUT2D eigenvalue weighted by Gasteiger charge is 2.32. The van der Waals surface area contributed by atoms with Crippen molar-refractivity contribution in [2.45, 2.75) is 55.6 Å². The van der Waals surface area contributed by atoms with E-state index in [-0.39, 0.29) is 40.7 Å². The Hall–Kier alpha value is -2.69. The van der Waals surface area contributed by atoms with E-state index in [0.29, 0.717) is 17.3 Å². The zero-order chi connectivity index (χ0) is 24.6. The van der Waals surface area contributed by atoms with Crippen molar-refractivity contribution in [3.63, 3.8) is 0 Å². The largest absolute Gasteiger partial charge is 0.403 e. The van der Waals surface area contributed by atoms with Crippen LogP contribution in [0.5, 0.6) is 0 Å². The summed E-state index contributed by atoms with van der Waals surface area (Å²) in [7, 11) is -3.80. The summed E-state index contributed by atoms with van der Waals surface area (Å²) in [5.41, 5.74) is 7.46. The van der Waals surface area contributed by atoms with Crippen LogP contribution in [0.3, 0.4) is 0 Å². The molecule has 2 aromatic carbocycles. The van der Waals surface area contributed by atoms with Gasteiger partial charge >= 0.3 is 6.01 Å². The van der Waals surface area contributed by atoms with E-state index >= 15 is 4.39 Å². The van der Waals surface area contributed by atoms with Crippen LogP contribution in [0.4, 0.5) is 16.1 Å². The number of hydrogen-bond donors (Lipinski definition) is 2. The van der Waals surface area contributed by atoms with Crippen molar-refractivity contribution in [1.82, 2.24) is 10.2 Å². The summed E-state index contributed by atoms with van der Waals surface area (Å²) in [5.74, 6) is -1.03. The summed E-state index contributed by atoms with van der Waals surface area (Å²) in [4.78, 5) is 1.75. The average Bonchev–Trinajstić information content (AvgIpc) is 3.25. The first-order valence-electron chi connectivity index (χ1n) is 11.7. The maximum atomic E-state index is 15.2. The number of rotatable bonds is 5. The Morgan fingerprint density at radius 2 is 1.89 bits per heavy atom. The normalized spacial score (nSPS) is 20.3. The van der Waals surface area contributed by atoms with E-state index in [1.165, 1.54) is 12.5 Å². The molecule has 0 amide bonds. The summed E-state index contributed by atoms with van der Waals surface area (Å²) in [6.45, 7) is 0.648. The molecule has 0 radical (unpaired) electrons. The summed E-state index contributed by atoms with van der Waals surface area (Å²) < 4.78 is 47.0. The van der Waals surface area contributed by atoms with Gasteiger partial charge in [-0.2, -0.15) is 0 Å². The number of sulfone groups is 1. The maximum Gasteiger partial charge on any atom is 0.315 e. The van der Waals surface area contributed by atoms with E-state index in [1.54, 1.807) is 12.1 Å². The van der Waals surface area contributed by atoms with E-state index < -0.39 is 21.7 Å². The molecule has 0 bridgehead atoms. The van der Waals surface area contributed by atoms with E-state index in [0.717, 1.165) is 37.3 Å². The summed E-state index contributed by atoms with van der Waals surface area (Å²) in [6.07, 6.45) is 5.52. The molecule has 35 heavy (non-hydrogen) atoms. The van der Waals surface area contributed by atoms with Gasteiger partial charge in [0.2, 0.25) is 0 Å². The van der Waals surface area contributed by atoms with Gasteiger partial charge in [0.05, 0.1) is 21.9 Å². The van der Waals surface area contributed by atoms with Crippen molar-refractivity contribution in [3.8, 4) is 11.5 Å². The fraction of sp³-hybridized carbons (Fsp3) is 0.417. The Morgan fingerprint density at radius 3 is 2.63 bits per heavy atom. The van der Waals surface area contributed by atoms with Crippen molar-refractivity contribution < 1.29 is 17.2 Å². The minimum Gasteiger partial charge on any atom is -0.403 e. The minimum absolute atomic E-state index is 0.0130. The number of anilines is 2. The third-order valence-electron chi connectivity index (χ3n) is 6.49. The molecule has 1 fully saturated rings. The molecule has 3 N–H and O–H groups in total. The Balaban J connectivity index is 1.51. The van der Waals surface area contributed by atoms with Crippen LogP contribution in [0.1, 0.15) is 37.7 Å². The number of nitrogens with two attached hydrogens (primary N) is 1. The first-order chi connectivity index (χ1) is 16.8. The molecule has 1 aliphatic heterocycles. The molecule has 1 atom stereocenters. The van der Waals surface area contributed by atoms with Crippen LogP contribution in [-0.4, -0.2) is 43.0 Å². The Bertz CT molecular complexity index is 1310. The highest BCUT2D eigenvalue weighted by molar-refractivity contribution is 7.91. The highest BCUT2D eigenvalue weighted by atomic mass is 35.5. The molecule has 8 nitrogen and oxygen atoms in total. The van der Waals surface area contributed by atoms with Gasteiger partial charge in [-0.15, -0.1) is 5.10 Å². The molecule has 1 saturated carbocycles. The minimum atomic E-state index is -3.80. The fourth-order valence-electron chi connectivity index (χ4n) is 4.78. The molecule has 1 aliphatic carbocycles. The Labute approximate surface area is 208 Å². The molecule has 3 aromatic rings. The number of halogens is 2. The van der Waals surface area contributed by atoms with Gasteiger partial charge in [-0.3, -0.25) is 0 Å². The second-order valence-corrected chi connectivity index (χ2v) is 11.7. The SMILES string of the molecule is N[C@@H]1CN(Cc2ccc(Cl)cc2)c2cc(-c3nnc(NC4CCCCC4)o3)c(F)cc2S(=O)(=O)C1. The van der Waals surface area contributed by atoms with Gasteiger partial charge < -0.3 is 20.4 Å². The number of benzene rings is 2. The predicted molar refractivity (Wildman–Crippen MR) is 133 cm³/mol. The zero-order valence-corrected chi connectivity index (χ0v) is 20.7. The van der Waals surface area contributed by atoms with Gasteiger partial charge in [0.1, 0.15) is 5.82 Å². The zero-order valence-electron chi connectivity index (χ0n) is 19.1. The first kappa shape index (κ1) is 24.0. The van der Waals surface area contributed by atoms with Gasteiger partial charge in [0, 0.05) is 30.2 Å². The molecule has 5 rings (SSSR count). The molecular formula is C24H27ClFN5O3S. The lowest BCUT2D eigenvalue weighted by Gasteiger charge is -2.26. The van der Waals surface area contributed by atoms with Crippen molar-refractivity contribution in [2.24, 2.45) is 5.73 Å². The van der Waals surface area contributed by atoms with E-state index in [9.17, 15) is 8.42 Å². The van der Waals surface area contributed by atoms with Gasteiger partial charge in [-0.25, -0.2) is 12.8 Å². The van der Waals surface area contributed by atoms with Crippen LogP contribution < -0.4 is 16.0 Å². The predicted octanol–water partition coefficient (Wildman–Crippen LogP) is 4.39. The topological polar surface area (TPSA) is 114 Å². The fourth-order valence-corrected chi connectivity index (χ4v) is 6.55. The lowest BCUT2D eigenvalue weighted by molar-refractivity contribution is 0.449. The molecule has 2 aliphatic rings. The molecule has 2 heterocycles. The number of hydrogen-bond acceptors (Lipinski definition) is 8. The smallest absolute Gasteiger partial charge is 0.315 e. The number of nitrogens with zero attached hydrogens (tertiary/aromatic N) is 3. The monoisotopic (exact) mass is 519 g/mol. The van der Waals surface area contributed by atoms with Crippen LogP contribution in [0.2, 0.25) is 5.02 Å². The Morgan fingerprint density at radius 1 is 1.14 bits per heavy atom. The van der Waals surface area contributed by atoms with Gasteiger partial charge in [-0.05, 0) is 42.7 Å². The van der Waals surface area contributed by atoms with Crippen molar-refractivity contribution in [3.05, 3.63) is 52.8 Å². The second kappa shape index (κ2) is 9.75. The maximum absolute atomic E-state index is 15.2. The second-order valence-electron chi connectivity index (χ2n) is 9.24. The van der Waals surface area contributed by atoms with Crippen LogP contribution in [0, 0.1) is 5.82 Å². The molecular weight excluding hydrogens is 493 g/mol. The molecule has 186 valence electrons. The van der Waals surface area contributed by atoms with Crippen molar-refractivity contribution >= 4 is 33.1 Å². The average molecular weight is 520 g/mol. The number of aromatic nitrogens is 2. The van der Waals surface area contributed by atoms with Crippen molar-refractivity contribution in [1.29, 1.82) is 0 Å². The third kappa shape index (κ3) is 5.29. The molecule has 1 aromatic heterocycles. The van der Waals surface area contributed by atoms with E-state index in [2.05, 4.69) is 15.5 Å². The van der Waals surface area contributed by atoms with Crippen molar-refractivity contribution in [2.75, 3.05) is 22.5 Å². The molecule has 0 spiro atoms. The Kier molecular flexibility index (Phi) is 6.69. The molecule has 0 saturated heterocycles. The van der Waals surface area contributed by atoms with Gasteiger partial charge in [0.25, 0.3) is 5.89 Å². The van der Waals surface area contributed by atoms with Gasteiger partial charge in [-0.1, -0.05) is 48.1 Å². The third-order valence-corrected chi connectivity index (χ3v) is 8.60. The number of fused-ring (bicyclic) bond motifs is 1. The summed E-state index contributed by atoms with van der Waals surface area (Å²) in [5, 5.41) is 11.9. The highest BCUT2D eigenvalue weighted by Crippen LogP contribution is 2.37. The van der Waals surface area contributed by atoms with Gasteiger partial charge in [0.15, 0.2) is 9.84 Å². The number of nitrogens with one attached hydrogen (secondary N) is 1. The lowest BCUT2D eigenvalue weighted by atomic mass is 9.96. The van der Waals surface area contributed by atoms with Crippen LogP contribution in [-0.2, 0) is 16.4 Å². The first-order valence-corrected chi connectivity index (χ1v) is 13.7.